The van der Waals surface area contributed by atoms with Crippen molar-refractivity contribution in [1.82, 2.24) is 14.8 Å². The van der Waals surface area contributed by atoms with E-state index < -0.39 is 0 Å². The van der Waals surface area contributed by atoms with E-state index in [4.69, 9.17) is 0 Å². The molecule has 0 saturated heterocycles. The van der Waals surface area contributed by atoms with Gasteiger partial charge in [0.2, 0.25) is 0 Å². The molecule has 12 heavy (non-hydrogen) atoms. The molecule has 0 atom stereocenters. The molecule has 0 N–H and O–H groups in total. The highest BCUT2D eigenvalue weighted by Gasteiger charge is 2.07. The zero-order chi connectivity index (χ0) is 8.55. The minimum Gasteiger partial charge on any atom is -0.272 e. The van der Waals surface area contributed by atoms with Gasteiger partial charge < -0.3 is 0 Å². The van der Waals surface area contributed by atoms with Gasteiger partial charge in [-0.3, -0.25) is 4.68 Å². The van der Waals surface area contributed by atoms with Crippen LogP contribution in [0.25, 0.3) is 10.6 Å². The second-order valence-electron chi connectivity index (χ2n) is 2.60. The Labute approximate surface area is 74.7 Å². The van der Waals surface area contributed by atoms with Gasteiger partial charge in [-0.25, -0.2) is 4.98 Å². The number of rotatable bonds is 1. The van der Waals surface area contributed by atoms with Crippen molar-refractivity contribution in [3.63, 3.8) is 0 Å². The van der Waals surface area contributed by atoms with Crippen LogP contribution in [-0.4, -0.2) is 14.8 Å². The fraction of sp³-hybridized carbons (Fsp3) is 0.250. The first kappa shape index (κ1) is 7.49. The highest BCUT2D eigenvalue weighted by atomic mass is 32.1. The molecule has 2 aromatic heterocycles. The lowest BCUT2D eigenvalue weighted by Crippen LogP contribution is -1.92. The van der Waals surface area contributed by atoms with Crippen LogP contribution in [0.4, 0.5) is 0 Å². The number of thiazole rings is 1. The first-order chi connectivity index (χ1) is 5.79. The Balaban J connectivity index is 2.55. The van der Waals surface area contributed by atoms with Crippen molar-refractivity contribution in [3.05, 3.63) is 23.5 Å². The maximum atomic E-state index is 4.23. The smallest absolute Gasteiger partial charge is 0.126 e. The molecule has 62 valence electrons. The molecule has 2 heterocycles. The van der Waals surface area contributed by atoms with Crippen molar-refractivity contribution in [2.75, 3.05) is 0 Å². The number of hydrogen-bond acceptors (Lipinski definition) is 3. The fourth-order valence-corrected chi connectivity index (χ4v) is 1.76. The average molecular weight is 179 g/mol. The molecule has 0 aliphatic carbocycles. The third-order valence-electron chi connectivity index (χ3n) is 1.90. The van der Waals surface area contributed by atoms with Gasteiger partial charge in [0.25, 0.3) is 0 Å². The maximum absolute atomic E-state index is 4.23. The summed E-state index contributed by atoms with van der Waals surface area (Å²) in [5.74, 6) is 0. The number of aryl methyl sites for hydroxylation is 1. The van der Waals surface area contributed by atoms with Crippen LogP contribution in [0.5, 0.6) is 0 Å². The monoisotopic (exact) mass is 179 g/mol. The van der Waals surface area contributed by atoms with E-state index in [1.165, 1.54) is 0 Å². The van der Waals surface area contributed by atoms with Crippen LogP contribution in [0.1, 0.15) is 5.69 Å². The van der Waals surface area contributed by atoms with Crippen molar-refractivity contribution < 1.29 is 0 Å². The largest absolute Gasteiger partial charge is 0.272 e. The summed E-state index contributed by atoms with van der Waals surface area (Å²) >= 11 is 1.64. The van der Waals surface area contributed by atoms with E-state index >= 15 is 0 Å². The fourth-order valence-electron chi connectivity index (χ4n) is 1.07. The highest BCUT2D eigenvalue weighted by molar-refractivity contribution is 7.13. The average Bonchev–Trinajstić information content (AvgIpc) is 2.64. The maximum Gasteiger partial charge on any atom is 0.126 e. The zero-order valence-corrected chi connectivity index (χ0v) is 7.80. The van der Waals surface area contributed by atoms with Gasteiger partial charge in [-0.15, -0.1) is 11.3 Å². The lowest BCUT2D eigenvalue weighted by Gasteiger charge is -1.94. The number of aromatic nitrogens is 3. The van der Waals surface area contributed by atoms with Crippen molar-refractivity contribution in [2.24, 2.45) is 7.05 Å². The van der Waals surface area contributed by atoms with Crippen LogP contribution in [0.15, 0.2) is 17.8 Å². The van der Waals surface area contributed by atoms with Gasteiger partial charge in [-0.05, 0) is 6.92 Å². The minimum absolute atomic E-state index is 1.04. The molecule has 3 nitrogen and oxygen atoms in total. The van der Waals surface area contributed by atoms with Crippen molar-refractivity contribution in [3.8, 4) is 10.6 Å². The van der Waals surface area contributed by atoms with E-state index in [0.29, 0.717) is 0 Å². The lowest BCUT2D eigenvalue weighted by molar-refractivity contribution is 0.740. The summed E-state index contributed by atoms with van der Waals surface area (Å²) in [5.41, 5.74) is 2.29. The standard InChI is InChI=1S/C8H9N3S/c1-6-7(5-10-11(6)2)8-9-3-4-12-8/h3-5H,1-2H3. The van der Waals surface area contributed by atoms with Crippen LogP contribution in [0, 0.1) is 6.92 Å². The van der Waals surface area contributed by atoms with Crippen molar-refractivity contribution >= 4 is 11.3 Å². The predicted octanol–water partition coefficient (Wildman–Crippen LogP) is 1.85. The zero-order valence-electron chi connectivity index (χ0n) is 6.98. The Bertz CT molecular complexity index is 375. The lowest BCUT2D eigenvalue weighted by atomic mass is 10.3. The Morgan fingerprint density at radius 2 is 2.33 bits per heavy atom. The summed E-state index contributed by atoms with van der Waals surface area (Å²) in [6, 6.07) is 0. The van der Waals surface area contributed by atoms with Gasteiger partial charge in [0.05, 0.1) is 11.8 Å². The van der Waals surface area contributed by atoms with Crippen LogP contribution >= 0.6 is 11.3 Å². The summed E-state index contributed by atoms with van der Waals surface area (Å²) in [4.78, 5) is 4.23. The molecule has 0 spiro atoms. The summed E-state index contributed by atoms with van der Waals surface area (Å²) in [6.45, 7) is 2.05. The SMILES string of the molecule is Cc1c(-c2nccs2)cnn1C. The first-order valence-corrected chi connectivity index (χ1v) is 4.55. The van der Waals surface area contributed by atoms with Gasteiger partial charge in [-0.2, -0.15) is 5.10 Å². The first-order valence-electron chi connectivity index (χ1n) is 3.67. The van der Waals surface area contributed by atoms with Crippen molar-refractivity contribution in [2.45, 2.75) is 6.92 Å². The molecule has 0 aliphatic heterocycles. The molecule has 0 amide bonds. The van der Waals surface area contributed by atoms with Gasteiger partial charge in [0.1, 0.15) is 5.01 Å². The van der Waals surface area contributed by atoms with Crippen LogP contribution < -0.4 is 0 Å². The topological polar surface area (TPSA) is 30.7 Å². The number of nitrogens with zero attached hydrogens (tertiary/aromatic N) is 3. The molecule has 0 radical (unpaired) electrons. The molecule has 0 saturated carbocycles. The molecule has 0 aliphatic rings. The Morgan fingerprint density at radius 3 is 2.83 bits per heavy atom. The molecular formula is C8H9N3S. The van der Waals surface area contributed by atoms with Gasteiger partial charge in [-0.1, -0.05) is 0 Å². The molecule has 0 bridgehead atoms. The van der Waals surface area contributed by atoms with E-state index in [1.54, 1.807) is 11.3 Å². The predicted molar refractivity (Wildman–Crippen MR) is 49.1 cm³/mol. The molecular weight excluding hydrogens is 170 g/mol. The van der Waals surface area contributed by atoms with Crippen LogP contribution in [-0.2, 0) is 7.05 Å². The third-order valence-corrected chi connectivity index (χ3v) is 2.70. The third kappa shape index (κ3) is 1.04. The molecule has 0 aromatic carbocycles. The van der Waals surface area contributed by atoms with Crippen LogP contribution in [0.3, 0.4) is 0 Å². The number of hydrogen-bond donors (Lipinski definition) is 0. The Kier molecular flexibility index (Phi) is 1.69. The second kappa shape index (κ2) is 2.71. The Morgan fingerprint density at radius 1 is 1.50 bits per heavy atom. The van der Waals surface area contributed by atoms with Crippen LogP contribution in [0.2, 0.25) is 0 Å². The van der Waals surface area contributed by atoms with Crippen molar-refractivity contribution in [1.29, 1.82) is 0 Å². The van der Waals surface area contributed by atoms with E-state index in [0.717, 1.165) is 16.3 Å². The summed E-state index contributed by atoms with van der Waals surface area (Å²) in [6.07, 6.45) is 3.67. The quantitative estimate of drug-likeness (QED) is 0.669. The highest BCUT2D eigenvalue weighted by Crippen LogP contribution is 2.23. The van der Waals surface area contributed by atoms with Gasteiger partial charge in [0.15, 0.2) is 0 Å². The molecule has 2 aromatic rings. The van der Waals surface area contributed by atoms with Gasteiger partial charge in [0, 0.05) is 24.3 Å². The molecule has 4 heteroatoms. The summed E-state index contributed by atoms with van der Waals surface area (Å²) in [7, 11) is 1.94. The Hall–Kier alpha value is -1.16. The molecule has 2 rings (SSSR count). The van der Waals surface area contributed by atoms with E-state index in [1.807, 2.05) is 36.4 Å². The van der Waals surface area contributed by atoms with Gasteiger partial charge >= 0.3 is 0 Å². The second-order valence-corrected chi connectivity index (χ2v) is 3.50. The van der Waals surface area contributed by atoms with E-state index in [-0.39, 0.29) is 0 Å². The molecule has 0 fully saturated rings. The molecule has 0 unspecified atom stereocenters. The summed E-state index contributed by atoms with van der Waals surface area (Å²) in [5, 5.41) is 7.17. The summed E-state index contributed by atoms with van der Waals surface area (Å²) < 4.78 is 1.86. The van der Waals surface area contributed by atoms with E-state index in [9.17, 15) is 0 Å². The van der Waals surface area contributed by atoms with E-state index in [2.05, 4.69) is 10.1 Å². The minimum atomic E-state index is 1.04. The normalized spacial score (nSPS) is 10.5.